The fourth-order valence-corrected chi connectivity index (χ4v) is 7.85. The molecule has 308 valence electrons. The highest BCUT2D eigenvalue weighted by Crippen LogP contribution is 2.38. The predicted molar refractivity (Wildman–Crippen MR) is 226 cm³/mol. The van der Waals surface area contributed by atoms with Crippen molar-refractivity contribution < 1.29 is 33.1 Å². The zero-order valence-electron chi connectivity index (χ0n) is 34.2. The number of rotatable bonds is 10. The topological polar surface area (TPSA) is 188 Å². The Morgan fingerprint density at radius 2 is 1.42 bits per heavy atom. The maximum absolute atomic E-state index is 13.7. The monoisotopic (exact) mass is 810 g/mol. The summed E-state index contributed by atoms with van der Waals surface area (Å²) in [6, 6.07) is 23.0. The Hall–Kier alpha value is -7.16. The molecule has 15 nitrogen and oxygen atoms in total. The van der Waals surface area contributed by atoms with E-state index in [0.29, 0.717) is 34.7 Å². The number of amides is 4. The summed E-state index contributed by atoms with van der Waals surface area (Å²) in [6.07, 6.45) is 3.76. The highest BCUT2D eigenvalue weighted by molar-refractivity contribution is 6.11. The fourth-order valence-electron chi connectivity index (χ4n) is 7.85. The number of H-pyrrole nitrogens is 2. The zero-order valence-corrected chi connectivity index (χ0v) is 34.2. The molecule has 1 aliphatic heterocycles. The van der Waals surface area contributed by atoms with E-state index in [2.05, 4.69) is 74.2 Å². The first-order valence-electron chi connectivity index (χ1n) is 19.9. The number of carbonyl (C=O) groups excluding carboxylic acids is 4. The third-order valence-corrected chi connectivity index (χ3v) is 11.0. The van der Waals surface area contributed by atoms with Crippen LogP contribution < -0.4 is 10.7 Å². The van der Waals surface area contributed by atoms with E-state index in [1.54, 1.807) is 32.2 Å². The van der Waals surface area contributed by atoms with E-state index in [0.717, 1.165) is 63.1 Å². The van der Waals surface area contributed by atoms with Crippen LogP contribution in [0, 0.1) is 5.92 Å². The summed E-state index contributed by atoms with van der Waals surface area (Å²) < 4.78 is 15.4. The van der Waals surface area contributed by atoms with Gasteiger partial charge in [-0.3, -0.25) is 9.59 Å². The molecule has 1 saturated heterocycles. The lowest BCUT2D eigenvalue weighted by atomic mass is 9.98. The number of likely N-dealkylation sites (tertiary alicyclic amines) is 1. The standard InChI is InChI=1S/C45H46N8O7/c1-24(2)39(50-44(56)58-5)43(55)52-19-7-8-34(52)40-46-23-33(48-40)31-16-15-29-20-28(13-14-30(29)21-31)26-9-11-27(12-10-26)32-22-47-41(49-32)37-35-17-18-36(60-35)38(37)42(54)53(25(3)4)51-45(57)59-6/h9-18,20-25,34,39H,7-8,19H2,1-6H3,(H,46,48)(H,47,49)(H,50,56)(H,51,57)/t34-,39-/m0/s1. The van der Waals surface area contributed by atoms with Crippen molar-refractivity contribution in [3.63, 3.8) is 0 Å². The lowest BCUT2D eigenvalue weighted by Crippen LogP contribution is -2.51. The van der Waals surface area contributed by atoms with E-state index >= 15 is 0 Å². The number of nitrogens with one attached hydrogen (secondary N) is 4. The second-order valence-electron chi connectivity index (χ2n) is 15.5. The van der Waals surface area contributed by atoms with Gasteiger partial charge in [-0.25, -0.2) is 30.0 Å². The SMILES string of the molecule is COC(=O)N[C@H](C(=O)N1CCC[C@H]1c1ncc(-c2ccc3cc(-c4ccc(-c5cnc(-c6c(C(=O)N(NC(=O)OC)C(C)C)c7ccc6o7)[nH]5)cc4)ccc3c2)[nH]1)C(C)C. The number of alkyl carbamates (subject to hydrolysis) is 1. The summed E-state index contributed by atoms with van der Waals surface area (Å²) in [5.74, 6) is 0.482. The van der Waals surface area contributed by atoms with Crippen molar-refractivity contribution in [2.75, 3.05) is 20.8 Å². The average molecular weight is 811 g/mol. The van der Waals surface area contributed by atoms with Crippen molar-refractivity contribution >= 4 is 45.9 Å². The molecular weight excluding hydrogens is 765 g/mol. The molecule has 5 heterocycles. The van der Waals surface area contributed by atoms with Crippen molar-refractivity contribution in [1.82, 2.24) is 40.6 Å². The minimum absolute atomic E-state index is 0.112. The van der Waals surface area contributed by atoms with Crippen LogP contribution in [0.4, 0.5) is 9.59 Å². The van der Waals surface area contributed by atoms with E-state index in [-0.39, 0.29) is 23.9 Å². The number of benzene rings is 4. The Labute approximate surface area is 345 Å². The molecule has 0 aliphatic carbocycles. The van der Waals surface area contributed by atoms with Crippen molar-refractivity contribution in [3.8, 4) is 45.0 Å². The molecule has 4 N–H and O–H groups in total. The first kappa shape index (κ1) is 39.7. The van der Waals surface area contributed by atoms with Crippen molar-refractivity contribution in [1.29, 1.82) is 0 Å². The number of furan rings is 2. The molecule has 3 aromatic carbocycles. The van der Waals surface area contributed by atoms with Crippen LogP contribution >= 0.6 is 0 Å². The van der Waals surface area contributed by atoms with Crippen LogP contribution in [0.3, 0.4) is 0 Å². The van der Waals surface area contributed by atoms with Gasteiger partial charge in [-0.2, -0.15) is 0 Å². The number of aromatic nitrogens is 4. The minimum atomic E-state index is -0.754. The maximum Gasteiger partial charge on any atom is 0.425 e. The molecule has 0 spiro atoms. The van der Waals surface area contributed by atoms with E-state index in [1.165, 1.54) is 19.2 Å². The first-order valence-corrected chi connectivity index (χ1v) is 19.9. The Morgan fingerprint density at radius 3 is 2.12 bits per heavy atom. The van der Waals surface area contributed by atoms with Crippen LogP contribution in [-0.2, 0) is 14.3 Å². The van der Waals surface area contributed by atoms with Gasteiger partial charge in [0.1, 0.15) is 28.9 Å². The van der Waals surface area contributed by atoms with Crippen LogP contribution in [-0.4, -0.2) is 86.7 Å². The van der Waals surface area contributed by atoms with Gasteiger partial charge in [0.25, 0.3) is 5.91 Å². The molecule has 0 radical (unpaired) electrons. The molecule has 7 aromatic rings. The predicted octanol–water partition coefficient (Wildman–Crippen LogP) is 8.30. The van der Waals surface area contributed by atoms with Gasteiger partial charge in [0.05, 0.1) is 55.2 Å². The number of methoxy groups -OCH3 is 2. The number of carbonyl (C=O) groups is 4. The Bertz CT molecular complexity index is 2690. The van der Waals surface area contributed by atoms with Gasteiger partial charge in [-0.05, 0) is 84.3 Å². The Balaban J connectivity index is 0.974. The van der Waals surface area contributed by atoms with Crippen LogP contribution in [0.2, 0.25) is 0 Å². The molecule has 8 rings (SSSR count). The van der Waals surface area contributed by atoms with Crippen LogP contribution in [0.1, 0.15) is 62.8 Å². The third-order valence-electron chi connectivity index (χ3n) is 11.0. The first-order chi connectivity index (χ1) is 28.9. The van der Waals surface area contributed by atoms with Gasteiger partial charge in [0.15, 0.2) is 0 Å². The molecule has 15 heteroatoms. The number of aromatic amines is 2. The molecule has 4 amide bonds. The maximum atomic E-state index is 13.7. The van der Waals surface area contributed by atoms with Gasteiger partial charge in [-0.1, -0.05) is 62.4 Å². The number of imidazole rings is 2. The van der Waals surface area contributed by atoms with Crippen molar-refractivity contribution in [2.45, 2.75) is 58.7 Å². The summed E-state index contributed by atoms with van der Waals surface area (Å²) in [5.41, 5.74) is 9.81. The molecule has 60 heavy (non-hydrogen) atoms. The molecule has 2 atom stereocenters. The van der Waals surface area contributed by atoms with Gasteiger partial charge >= 0.3 is 12.2 Å². The Morgan fingerprint density at radius 1 is 0.783 bits per heavy atom. The Kier molecular flexibility index (Phi) is 10.7. The largest absolute Gasteiger partial charge is 0.456 e. The molecular formula is C45H46N8O7. The lowest BCUT2D eigenvalue weighted by molar-refractivity contribution is -0.135. The van der Waals surface area contributed by atoms with Gasteiger partial charge in [-0.15, -0.1) is 0 Å². The molecule has 1 fully saturated rings. The van der Waals surface area contributed by atoms with Gasteiger partial charge < -0.3 is 34.1 Å². The van der Waals surface area contributed by atoms with Crippen molar-refractivity contribution in [2.24, 2.45) is 5.92 Å². The number of ether oxygens (including phenoxy) is 2. The van der Waals surface area contributed by atoms with Crippen molar-refractivity contribution in [3.05, 3.63) is 96.6 Å². The summed E-state index contributed by atoms with van der Waals surface area (Å²) in [7, 11) is 2.52. The van der Waals surface area contributed by atoms with Crippen LogP contribution in [0.25, 0.3) is 67.0 Å². The number of fused-ring (bicyclic) bond motifs is 3. The van der Waals surface area contributed by atoms with E-state index in [1.807, 2.05) is 37.1 Å². The quantitative estimate of drug-likeness (QED) is 0.0986. The van der Waals surface area contributed by atoms with E-state index < -0.39 is 24.1 Å². The molecule has 0 unspecified atom stereocenters. The zero-order chi connectivity index (χ0) is 42.2. The highest BCUT2D eigenvalue weighted by atomic mass is 16.5. The molecule has 0 saturated carbocycles. The van der Waals surface area contributed by atoms with Crippen LogP contribution in [0.15, 0.2) is 89.6 Å². The average Bonchev–Trinajstić information content (AvgIpc) is 4.12. The summed E-state index contributed by atoms with van der Waals surface area (Å²) >= 11 is 0. The normalized spacial score (nSPS) is 14.6. The highest BCUT2D eigenvalue weighted by Gasteiger charge is 2.37. The van der Waals surface area contributed by atoms with E-state index in [9.17, 15) is 19.2 Å². The number of hydrazine groups is 1. The summed E-state index contributed by atoms with van der Waals surface area (Å²) in [5, 5.41) is 6.06. The molecule has 1 aliphatic rings. The van der Waals surface area contributed by atoms with Crippen LogP contribution in [0.5, 0.6) is 0 Å². The number of nitrogens with zero attached hydrogens (tertiary/aromatic N) is 4. The molecule has 4 aromatic heterocycles. The molecule has 2 bridgehead atoms. The third kappa shape index (κ3) is 7.49. The van der Waals surface area contributed by atoms with Gasteiger partial charge in [0.2, 0.25) is 5.91 Å². The second kappa shape index (κ2) is 16.2. The van der Waals surface area contributed by atoms with E-state index in [4.69, 9.17) is 18.9 Å². The fraction of sp³-hybridized carbons (Fsp3) is 0.289. The summed E-state index contributed by atoms with van der Waals surface area (Å²) in [6.45, 7) is 7.95. The number of hydrogen-bond acceptors (Lipinski definition) is 9. The minimum Gasteiger partial charge on any atom is -0.456 e. The lowest BCUT2D eigenvalue weighted by Gasteiger charge is -2.30. The summed E-state index contributed by atoms with van der Waals surface area (Å²) in [4.78, 5) is 69.3. The smallest absolute Gasteiger partial charge is 0.425 e. The number of hydrogen-bond donors (Lipinski definition) is 4. The van der Waals surface area contributed by atoms with Gasteiger partial charge in [0, 0.05) is 18.2 Å². The second-order valence-corrected chi connectivity index (χ2v) is 15.5.